The van der Waals surface area contributed by atoms with Crippen LogP contribution in [0.15, 0.2) is 30.3 Å². The smallest absolute Gasteiger partial charge is 0.342 e. The highest BCUT2D eigenvalue weighted by molar-refractivity contribution is 5.94. The van der Waals surface area contributed by atoms with E-state index in [-0.39, 0.29) is 5.91 Å². The zero-order valence-electron chi connectivity index (χ0n) is 15.6. The number of benzene rings is 1. The SMILES string of the molecule is Cc1nn(-c2ccccc2)c(C)c1C(=O)O[C@H](C)C(=O)N1CCCCC1. The Morgan fingerprint density at radius 1 is 1.08 bits per heavy atom. The van der Waals surface area contributed by atoms with Gasteiger partial charge in [0.2, 0.25) is 0 Å². The molecule has 1 saturated heterocycles. The number of hydrogen-bond donors (Lipinski definition) is 0. The third-order valence-corrected chi connectivity index (χ3v) is 4.80. The molecule has 1 aliphatic rings. The predicted molar refractivity (Wildman–Crippen MR) is 98.3 cm³/mol. The summed E-state index contributed by atoms with van der Waals surface area (Å²) in [5, 5.41) is 4.46. The lowest BCUT2D eigenvalue weighted by Crippen LogP contribution is -2.42. The van der Waals surface area contributed by atoms with Gasteiger partial charge >= 0.3 is 5.97 Å². The van der Waals surface area contributed by atoms with Crippen LogP contribution in [0.1, 0.15) is 47.9 Å². The number of aromatic nitrogens is 2. The van der Waals surface area contributed by atoms with Crippen molar-refractivity contribution in [3.8, 4) is 5.69 Å². The van der Waals surface area contributed by atoms with Gasteiger partial charge in [-0.3, -0.25) is 4.79 Å². The molecule has 0 aliphatic carbocycles. The zero-order chi connectivity index (χ0) is 18.7. The van der Waals surface area contributed by atoms with E-state index in [0.29, 0.717) is 17.0 Å². The maximum atomic E-state index is 12.7. The maximum Gasteiger partial charge on any atom is 0.342 e. The van der Waals surface area contributed by atoms with Gasteiger partial charge in [0.05, 0.1) is 17.1 Å². The van der Waals surface area contributed by atoms with Crippen LogP contribution in [0.2, 0.25) is 0 Å². The van der Waals surface area contributed by atoms with Gasteiger partial charge in [-0.1, -0.05) is 18.2 Å². The van der Waals surface area contributed by atoms with Gasteiger partial charge in [-0.15, -0.1) is 0 Å². The molecule has 2 heterocycles. The number of nitrogens with zero attached hydrogens (tertiary/aromatic N) is 3. The van der Waals surface area contributed by atoms with E-state index >= 15 is 0 Å². The standard InChI is InChI=1S/C20H25N3O3/c1-14-18(15(2)23(21-14)17-10-6-4-7-11-17)20(25)26-16(3)19(24)22-12-8-5-9-13-22/h4,6-7,10-11,16H,5,8-9,12-13H2,1-3H3/t16-/m1/s1. The Labute approximate surface area is 153 Å². The average molecular weight is 355 g/mol. The molecule has 1 aromatic heterocycles. The molecule has 2 aromatic rings. The molecule has 6 nitrogen and oxygen atoms in total. The summed E-state index contributed by atoms with van der Waals surface area (Å²) in [6.07, 6.45) is 2.37. The van der Waals surface area contributed by atoms with E-state index in [2.05, 4.69) is 5.10 Å². The molecule has 1 aliphatic heterocycles. The molecule has 138 valence electrons. The summed E-state index contributed by atoms with van der Waals surface area (Å²) in [5.41, 5.74) is 2.60. The lowest BCUT2D eigenvalue weighted by molar-refractivity contribution is -0.140. The number of carbonyl (C=O) groups excluding carboxylic acids is 2. The van der Waals surface area contributed by atoms with E-state index in [1.807, 2.05) is 37.3 Å². The van der Waals surface area contributed by atoms with Crippen LogP contribution >= 0.6 is 0 Å². The van der Waals surface area contributed by atoms with E-state index in [4.69, 9.17) is 4.74 Å². The minimum atomic E-state index is -0.792. The van der Waals surface area contributed by atoms with Gasteiger partial charge in [-0.05, 0) is 52.2 Å². The molecule has 0 spiro atoms. The van der Waals surface area contributed by atoms with Crippen molar-refractivity contribution in [3.05, 3.63) is 47.3 Å². The van der Waals surface area contributed by atoms with Gasteiger partial charge in [0.15, 0.2) is 6.10 Å². The second-order valence-corrected chi connectivity index (χ2v) is 6.73. The summed E-state index contributed by atoms with van der Waals surface area (Å²) in [4.78, 5) is 27.0. The van der Waals surface area contributed by atoms with E-state index in [9.17, 15) is 9.59 Å². The van der Waals surface area contributed by atoms with Crippen LogP contribution in [0.4, 0.5) is 0 Å². The van der Waals surface area contributed by atoms with Crippen molar-refractivity contribution in [1.29, 1.82) is 0 Å². The van der Waals surface area contributed by atoms with E-state index in [0.717, 1.165) is 38.0 Å². The van der Waals surface area contributed by atoms with Crippen molar-refractivity contribution in [2.75, 3.05) is 13.1 Å². The molecule has 1 amide bonds. The number of amides is 1. The van der Waals surface area contributed by atoms with Crippen molar-refractivity contribution < 1.29 is 14.3 Å². The third kappa shape index (κ3) is 3.64. The Kier molecular flexibility index (Phi) is 5.40. The first-order valence-electron chi connectivity index (χ1n) is 9.10. The predicted octanol–water partition coefficient (Wildman–Crippen LogP) is 3.05. The summed E-state index contributed by atoms with van der Waals surface area (Å²) in [5.74, 6) is -0.621. The fraction of sp³-hybridized carbons (Fsp3) is 0.450. The number of carbonyl (C=O) groups is 2. The van der Waals surface area contributed by atoms with Crippen LogP contribution in [0.5, 0.6) is 0 Å². The molecule has 26 heavy (non-hydrogen) atoms. The molecule has 1 fully saturated rings. The highest BCUT2D eigenvalue weighted by Crippen LogP contribution is 2.20. The summed E-state index contributed by atoms with van der Waals surface area (Å²) in [6.45, 7) is 6.73. The fourth-order valence-corrected chi connectivity index (χ4v) is 3.40. The first-order chi connectivity index (χ1) is 12.5. The number of para-hydroxylation sites is 1. The number of hydrogen-bond acceptors (Lipinski definition) is 4. The van der Waals surface area contributed by atoms with Crippen molar-refractivity contribution in [3.63, 3.8) is 0 Å². The molecule has 0 unspecified atom stereocenters. The van der Waals surface area contributed by atoms with Crippen molar-refractivity contribution in [2.45, 2.75) is 46.1 Å². The second kappa shape index (κ2) is 7.72. The van der Waals surface area contributed by atoms with Crippen LogP contribution in [0.3, 0.4) is 0 Å². The fourth-order valence-electron chi connectivity index (χ4n) is 3.40. The van der Waals surface area contributed by atoms with Crippen molar-refractivity contribution in [2.24, 2.45) is 0 Å². The molecule has 1 aromatic carbocycles. The number of piperidine rings is 1. The van der Waals surface area contributed by atoms with Crippen LogP contribution in [0, 0.1) is 13.8 Å². The maximum absolute atomic E-state index is 12.7. The third-order valence-electron chi connectivity index (χ3n) is 4.80. The van der Waals surface area contributed by atoms with Crippen molar-refractivity contribution in [1.82, 2.24) is 14.7 Å². The van der Waals surface area contributed by atoms with Crippen LogP contribution in [-0.2, 0) is 9.53 Å². The summed E-state index contributed by atoms with van der Waals surface area (Å²) < 4.78 is 7.20. The number of ether oxygens (including phenoxy) is 1. The molecule has 3 rings (SSSR count). The summed E-state index contributed by atoms with van der Waals surface area (Å²) >= 11 is 0. The highest BCUT2D eigenvalue weighted by Gasteiger charge is 2.28. The minimum absolute atomic E-state index is 0.121. The molecule has 0 bridgehead atoms. The van der Waals surface area contributed by atoms with Gasteiger partial charge in [-0.25, -0.2) is 9.48 Å². The lowest BCUT2D eigenvalue weighted by atomic mass is 10.1. The van der Waals surface area contributed by atoms with Gasteiger partial charge in [0.1, 0.15) is 5.56 Å². The molecular weight excluding hydrogens is 330 g/mol. The first-order valence-corrected chi connectivity index (χ1v) is 9.10. The monoisotopic (exact) mass is 355 g/mol. The largest absolute Gasteiger partial charge is 0.449 e. The van der Waals surface area contributed by atoms with Crippen LogP contribution in [-0.4, -0.2) is 45.8 Å². The Morgan fingerprint density at radius 2 is 1.73 bits per heavy atom. The molecule has 0 N–H and O–H groups in total. The average Bonchev–Trinajstić information content (AvgIpc) is 2.96. The van der Waals surface area contributed by atoms with Crippen LogP contribution in [0.25, 0.3) is 5.69 Å². The normalized spacial score (nSPS) is 15.6. The van der Waals surface area contributed by atoms with Gasteiger partial charge < -0.3 is 9.64 Å². The van der Waals surface area contributed by atoms with E-state index < -0.39 is 12.1 Å². The quantitative estimate of drug-likeness (QED) is 0.791. The molecule has 6 heteroatoms. The van der Waals surface area contributed by atoms with Crippen LogP contribution < -0.4 is 0 Å². The number of aryl methyl sites for hydroxylation is 1. The summed E-state index contributed by atoms with van der Waals surface area (Å²) in [7, 11) is 0. The summed E-state index contributed by atoms with van der Waals surface area (Å²) in [6, 6.07) is 9.62. The minimum Gasteiger partial charge on any atom is -0.449 e. The van der Waals surface area contributed by atoms with Gasteiger partial charge in [0.25, 0.3) is 5.91 Å². The Morgan fingerprint density at radius 3 is 2.38 bits per heavy atom. The molecule has 1 atom stereocenters. The highest BCUT2D eigenvalue weighted by atomic mass is 16.5. The Hall–Kier alpha value is -2.63. The first kappa shape index (κ1) is 18.2. The van der Waals surface area contributed by atoms with Gasteiger partial charge in [-0.2, -0.15) is 5.10 Å². The number of rotatable bonds is 4. The van der Waals surface area contributed by atoms with Gasteiger partial charge in [0, 0.05) is 13.1 Å². The molecular formula is C20H25N3O3. The number of likely N-dealkylation sites (tertiary alicyclic amines) is 1. The van der Waals surface area contributed by atoms with E-state index in [1.54, 1.807) is 23.4 Å². The lowest BCUT2D eigenvalue weighted by Gasteiger charge is -2.28. The Balaban J connectivity index is 1.75. The van der Waals surface area contributed by atoms with E-state index in [1.165, 1.54) is 0 Å². The topological polar surface area (TPSA) is 64.4 Å². The molecule has 0 saturated carbocycles. The van der Waals surface area contributed by atoms with Crippen molar-refractivity contribution >= 4 is 11.9 Å². The second-order valence-electron chi connectivity index (χ2n) is 6.73. The Bertz CT molecular complexity index is 792. The number of esters is 1. The molecule has 0 radical (unpaired) electrons. The zero-order valence-corrected chi connectivity index (χ0v) is 15.6.